The predicted octanol–water partition coefficient (Wildman–Crippen LogP) is 1.52. The third-order valence-electron chi connectivity index (χ3n) is 2.84. The monoisotopic (exact) mass is 398 g/mol. The maximum Gasteiger partial charge on any atom is 0.357 e. The van der Waals surface area contributed by atoms with E-state index in [1.54, 1.807) is 4.98 Å². The lowest BCUT2D eigenvalue weighted by Crippen LogP contribution is -2.25. The lowest BCUT2D eigenvalue weighted by atomic mass is 10.1. The van der Waals surface area contributed by atoms with Gasteiger partial charge in [0.2, 0.25) is 5.75 Å². The molecule has 1 aromatic carbocycles. The Morgan fingerprint density at radius 3 is 2.33 bits per heavy atom. The van der Waals surface area contributed by atoms with E-state index in [0.29, 0.717) is 0 Å². The minimum Gasteiger partial charge on any atom is -0.502 e. The highest BCUT2D eigenvalue weighted by molar-refractivity contribution is 9.10. The van der Waals surface area contributed by atoms with Crippen molar-refractivity contribution >= 4 is 39.5 Å². The van der Waals surface area contributed by atoms with Crippen molar-refractivity contribution in [3.63, 3.8) is 0 Å². The number of aromatic hydroxyl groups is 1. The van der Waals surface area contributed by atoms with Crippen molar-refractivity contribution in [1.82, 2.24) is 9.97 Å². The van der Waals surface area contributed by atoms with E-state index in [2.05, 4.69) is 20.9 Å². The summed E-state index contributed by atoms with van der Waals surface area (Å²) in [5.41, 5.74) is -4.13. The summed E-state index contributed by atoms with van der Waals surface area (Å²) in [6.45, 7) is 0. The van der Waals surface area contributed by atoms with Crippen molar-refractivity contribution in [2.75, 3.05) is 0 Å². The van der Waals surface area contributed by atoms with Crippen molar-refractivity contribution in [1.29, 1.82) is 0 Å². The molecule has 0 fully saturated rings. The maximum absolute atomic E-state index is 11.5. The summed E-state index contributed by atoms with van der Waals surface area (Å²) in [4.78, 5) is 46.5. The number of halogens is 1. The van der Waals surface area contributed by atoms with Crippen LogP contribution in [0.3, 0.4) is 0 Å². The number of benzene rings is 1. The largest absolute Gasteiger partial charge is 0.502 e. The number of hydrogen-bond donors (Lipinski definition) is 3. The van der Waals surface area contributed by atoms with Crippen LogP contribution in [0.4, 0.5) is 11.4 Å². The minimum atomic E-state index is -1.20. The minimum absolute atomic E-state index is 0.0495. The summed E-state index contributed by atoms with van der Waals surface area (Å²) in [6, 6.07) is 2.39. The molecule has 0 amide bonds. The van der Waals surface area contributed by atoms with Crippen LogP contribution < -0.4 is 11.2 Å². The Labute approximate surface area is 139 Å². The summed E-state index contributed by atoms with van der Waals surface area (Å²) >= 11 is 3.03. The van der Waals surface area contributed by atoms with Crippen molar-refractivity contribution in [3.8, 4) is 5.75 Å². The van der Waals surface area contributed by atoms with Gasteiger partial charge in [0.25, 0.3) is 0 Å². The number of H-pyrrole nitrogens is 2. The lowest BCUT2D eigenvalue weighted by Gasteiger charge is -2.02. The molecule has 11 nitrogen and oxygen atoms in total. The standard InChI is InChI=1S/C12H7BrN4O7/c13-6-3-5(10(18)8(4-6)16(21)22)1-2-7-9(17(23)24)11(19)15-12(20)14-7/h1-4,18H,(H2,14,15,19,20). The summed E-state index contributed by atoms with van der Waals surface area (Å²) < 4.78 is 0.278. The molecule has 0 unspecified atom stereocenters. The zero-order valence-corrected chi connectivity index (χ0v) is 13.1. The first kappa shape index (κ1) is 17.1. The number of aromatic amines is 2. The fourth-order valence-electron chi connectivity index (χ4n) is 1.84. The van der Waals surface area contributed by atoms with Gasteiger partial charge in [0.05, 0.1) is 9.85 Å². The Morgan fingerprint density at radius 2 is 1.75 bits per heavy atom. The number of rotatable bonds is 4. The van der Waals surface area contributed by atoms with Crippen molar-refractivity contribution in [2.24, 2.45) is 0 Å². The van der Waals surface area contributed by atoms with Crippen LogP contribution in [0.5, 0.6) is 5.75 Å². The molecule has 0 radical (unpaired) electrons. The maximum atomic E-state index is 11.5. The fourth-order valence-corrected chi connectivity index (χ4v) is 2.31. The second-order valence-electron chi connectivity index (χ2n) is 4.38. The molecule has 0 aliphatic heterocycles. The van der Waals surface area contributed by atoms with Crippen LogP contribution in [0.25, 0.3) is 12.2 Å². The molecule has 124 valence electrons. The highest BCUT2D eigenvalue weighted by Gasteiger charge is 2.20. The van der Waals surface area contributed by atoms with Crippen LogP contribution in [0.2, 0.25) is 0 Å². The van der Waals surface area contributed by atoms with Gasteiger partial charge in [0.15, 0.2) is 0 Å². The van der Waals surface area contributed by atoms with E-state index >= 15 is 0 Å². The molecule has 12 heteroatoms. The van der Waals surface area contributed by atoms with Gasteiger partial charge in [-0.25, -0.2) is 4.79 Å². The molecule has 1 heterocycles. The SMILES string of the molecule is O=c1[nH]c(C=Cc2cc(Br)cc([N+](=O)[O-])c2O)c([N+](=O)[O-])c(=O)[nH]1. The van der Waals surface area contributed by atoms with Gasteiger partial charge in [-0.15, -0.1) is 0 Å². The quantitative estimate of drug-likeness (QED) is 0.516. The normalized spacial score (nSPS) is 10.9. The van der Waals surface area contributed by atoms with Crippen LogP contribution in [0.15, 0.2) is 26.2 Å². The van der Waals surface area contributed by atoms with Crippen molar-refractivity contribution < 1.29 is 15.0 Å². The Hall–Kier alpha value is -3.28. The van der Waals surface area contributed by atoms with Gasteiger partial charge in [0.1, 0.15) is 5.69 Å². The molecule has 0 spiro atoms. The third kappa shape index (κ3) is 3.38. The first-order chi connectivity index (χ1) is 11.2. The van der Waals surface area contributed by atoms with E-state index in [4.69, 9.17) is 0 Å². The Morgan fingerprint density at radius 1 is 1.08 bits per heavy atom. The molecule has 0 aliphatic rings. The second kappa shape index (κ2) is 6.45. The summed E-state index contributed by atoms with van der Waals surface area (Å²) in [5, 5.41) is 31.6. The van der Waals surface area contributed by atoms with E-state index in [9.17, 15) is 34.9 Å². The molecule has 3 N–H and O–H groups in total. The molecule has 0 saturated carbocycles. The summed E-state index contributed by atoms with van der Waals surface area (Å²) in [7, 11) is 0. The van der Waals surface area contributed by atoms with E-state index < -0.39 is 43.9 Å². The Balaban J connectivity index is 2.62. The first-order valence-electron chi connectivity index (χ1n) is 6.06. The number of nitrogens with one attached hydrogen (secondary N) is 2. The molecule has 0 atom stereocenters. The Bertz CT molecular complexity index is 992. The zero-order chi connectivity index (χ0) is 18.0. The van der Waals surface area contributed by atoms with Crippen molar-refractivity contribution in [3.05, 3.63) is 68.9 Å². The predicted molar refractivity (Wildman–Crippen MR) is 85.7 cm³/mol. The number of nitro groups is 2. The highest BCUT2D eigenvalue weighted by atomic mass is 79.9. The van der Waals surface area contributed by atoms with E-state index in [-0.39, 0.29) is 10.0 Å². The number of aromatic nitrogens is 2. The van der Waals surface area contributed by atoms with Gasteiger partial charge in [-0.05, 0) is 18.2 Å². The van der Waals surface area contributed by atoms with E-state index in [1.807, 2.05) is 0 Å². The molecule has 0 saturated heterocycles. The van der Waals surface area contributed by atoms with E-state index in [0.717, 1.165) is 18.2 Å². The van der Waals surface area contributed by atoms with Gasteiger partial charge >= 0.3 is 22.6 Å². The number of nitrogens with zero attached hydrogens (tertiary/aromatic N) is 2. The molecule has 24 heavy (non-hydrogen) atoms. The number of phenols is 1. The Kier molecular flexibility index (Phi) is 4.59. The van der Waals surface area contributed by atoms with Gasteiger partial charge < -0.3 is 10.1 Å². The molecular formula is C12H7BrN4O7. The van der Waals surface area contributed by atoms with Crippen molar-refractivity contribution in [2.45, 2.75) is 0 Å². The molecule has 0 aliphatic carbocycles. The van der Waals surface area contributed by atoms with Gasteiger partial charge in [0, 0.05) is 16.1 Å². The average molecular weight is 399 g/mol. The fraction of sp³-hybridized carbons (Fsp3) is 0. The molecule has 2 rings (SSSR count). The van der Waals surface area contributed by atoms with Crippen LogP contribution >= 0.6 is 15.9 Å². The van der Waals surface area contributed by atoms with Crippen LogP contribution in [-0.2, 0) is 0 Å². The van der Waals surface area contributed by atoms with Gasteiger partial charge in [-0.3, -0.25) is 30.0 Å². The highest BCUT2D eigenvalue weighted by Crippen LogP contribution is 2.34. The summed E-state index contributed by atoms with van der Waals surface area (Å²) in [6.07, 6.45) is 2.07. The second-order valence-corrected chi connectivity index (χ2v) is 5.30. The van der Waals surface area contributed by atoms with Gasteiger partial charge in [-0.2, -0.15) is 0 Å². The zero-order valence-electron chi connectivity index (χ0n) is 11.5. The summed E-state index contributed by atoms with van der Waals surface area (Å²) in [5.74, 6) is -0.672. The average Bonchev–Trinajstić information content (AvgIpc) is 2.46. The van der Waals surface area contributed by atoms with Crippen LogP contribution in [0, 0.1) is 20.2 Å². The molecule has 1 aromatic heterocycles. The topological polar surface area (TPSA) is 172 Å². The smallest absolute Gasteiger partial charge is 0.357 e. The van der Waals surface area contributed by atoms with Gasteiger partial charge in [-0.1, -0.05) is 15.9 Å². The third-order valence-corrected chi connectivity index (χ3v) is 3.30. The molecular weight excluding hydrogens is 392 g/mol. The molecule has 0 bridgehead atoms. The van der Waals surface area contributed by atoms with E-state index in [1.165, 1.54) is 6.07 Å². The van der Waals surface area contributed by atoms with Crippen LogP contribution in [0.1, 0.15) is 11.3 Å². The number of nitro benzene ring substituents is 1. The number of hydrogen-bond acceptors (Lipinski definition) is 7. The first-order valence-corrected chi connectivity index (χ1v) is 6.86. The molecule has 2 aromatic rings. The van der Waals surface area contributed by atoms with Crippen LogP contribution in [-0.4, -0.2) is 24.9 Å². The number of phenolic OH excluding ortho intramolecular Hbond substituents is 1. The lowest BCUT2D eigenvalue weighted by molar-refractivity contribution is -0.386.